The summed E-state index contributed by atoms with van der Waals surface area (Å²) in [6.45, 7) is 3.42. The molecule has 0 bridgehead atoms. The van der Waals surface area contributed by atoms with Crippen molar-refractivity contribution in [2.45, 2.75) is 32.2 Å². The van der Waals surface area contributed by atoms with Crippen molar-refractivity contribution in [2.24, 2.45) is 5.92 Å². The molecule has 4 nitrogen and oxygen atoms in total. The van der Waals surface area contributed by atoms with Gasteiger partial charge in [0.1, 0.15) is 0 Å². The van der Waals surface area contributed by atoms with E-state index >= 15 is 0 Å². The Hall–Kier alpha value is -0.910. The van der Waals surface area contributed by atoms with E-state index in [9.17, 15) is 8.42 Å². The molecule has 0 aliphatic carbocycles. The number of nitrogens with one attached hydrogen (secondary N) is 1. The molecule has 0 saturated carbocycles. The molecule has 0 amide bonds. The molecule has 118 valence electrons. The number of benzene rings is 1. The maximum Gasteiger partial charge on any atom is 0.214 e. The molecule has 1 aromatic rings. The highest BCUT2D eigenvalue weighted by Gasteiger charge is 2.32. The average molecular weight is 310 g/mol. The Morgan fingerprint density at radius 2 is 2.00 bits per heavy atom. The van der Waals surface area contributed by atoms with Crippen molar-refractivity contribution in [3.8, 4) is 0 Å². The molecule has 1 aliphatic rings. The standard InChI is InChI=1S/C16H26N2O2S/c1-3-15-13-18(11-9-16(15)17-2)21(19,20)12-10-14-7-5-4-6-8-14/h4-8,15-17H,3,9-13H2,1-2H3. The molecule has 0 radical (unpaired) electrons. The molecule has 2 atom stereocenters. The van der Waals surface area contributed by atoms with Crippen molar-refractivity contribution in [3.05, 3.63) is 35.9 Å². The van der Waals surface area contributed by atoms with E-state index in [4.69, 9.17) is 0 Å². The minimum Gasteiger partial charge on any atom is -0.317 e. The van der Waals surface area contributed by atoms with Crippen molar-refractivity contribution in [1.82, 2.24) is 9.62 Å². The van der Waals surface area contributed by atoms with Crippen LogP contribution < -0.4 is 5.32 Å². The summed E-state index contributed by atoms with van der Waals surface area (Å²) in [6, 6.07) is 10.3. The lowest BCUT2D eigenvalue weighted by Gasteiger charge is -2.37. The van der Waals surface area contributed by atoms with E-state index < -0.39 is 10.0 Å². The molecule has 21 heavy (non-hydrogen) atoms. The third-order valence-corrected chi connectivity index (χ3v) is 6.32. The number of hydrogen-bond donors (Lipinski definition) is 1. The number of nitrogens with zero attached hydrogens (tertiary/aromatic N) is 1. The van der Waals surface area contributed by atoms with E-state index in [1.165, 1.54) is 0 Å². The van der Waals surface area contributed by atoms with Crippen LogP contribution in [0.4, 0.5) is 0 Å². The zero-order chi connectivity index (χ0) is 15.3. The van der Waals surface area contributed by atoms with E-state index in [-0.39, 0.29) is 5.75 Å². The van der Waals surface area contributed by atoms with Crippen LogP contribution in [0.5, 0.6) is 0 Å². The van der Waals surface area contributed by atoms with Gasteiger partial charge in [0.15, 0.2) is 0 Å². The number of hydrogen-bond acceptors (Lipinski definition) is 3. The zero-order valence-corrected chi connectivity index (χ0v) is 13.8. The van der Waals surface area contributed by atoms with Crippen LogP contribution in [0.2, 0.25) is 0 Å². The van der Waals surface area contributed by atoms with Crippen LogP contribution in [0.15, 0.2) is 30.3 Å². The van der Waals surface area contributed by atoms with Crippen LogP contribution in [0, 0.1) is 5.92 Å². The number of aryl methyl sites for hydroxylation is 1. The van der Waals surface area contributed by atoms with E-state index in [0.29, 0.717) is 31.5 Å². The van der Waals surface area contributed by atoms with Gasteiger partial charge in [0.25, 0.3) is 0 Å². The highest BCUT2D eigenvalue weighted by Crippen LogP contribution is 2.22. The summed E-state index contributed by atoms with van der Waals surface area (Å²) in [5.41, 5.74) is 1.08. The number of piperidine rings is 1. The predicted molar refractivity (Wildman–Crippen MR) is 86.8 cm³/mol. The van der Waals surface area contributed by atoms with Crippen LogP contribution in [-0.4, -0.2) is 44.7 Å². The van der Waals surface area contributed by atoms with Crippen LogP contribution >= 0.6 is 0 Å². The van der Waals surface area contributed by atoms with Gasteiger partial charge in [0, 0.05) is 19.1 Å². The molecule has 5 heteroatoms. The molecule has 2 unspecified atom stereocenters. The Morgan fingerprint density at radius 1 is 1.29 bits per heavy atom. The Kier molecular flexibility index (Phi) is 5.79. The van der Waals surface area contributed by atoms with E-state index in [0.717, 1.165) is 18.4 Å². The van der Waals surface area contributed by atoms with Gasteiger partial charge in [-0.1, -0.05) is 43.7 Å². The lowest BCUT2D eigenvalue weighted by atomic mass is 9.91. The fraction of sp³-hybridized carbons (Fsp3) is 0.625. The van der Waals surface area contributed by atoms with Crippen molar-refractivity contribution < 1.29 is 8.42 Å². The second kappa shape index (κ2) is 7.38. The summed E-state index contributed by atoms with van der Waals surface area (Å²) in [7, 11) is -1.19. The molecule has 1 N–H and O–H groups in total. The van der Waals surface area contributed by atoms with E-state index in [1.807, 2.05) is 37.4 Å². The summed E-state index contributed by atoms with van der Waals surface area (Å²) in [6.07, 6.45) is 2.50. The van der Waals surface area contributed by atoms with Crippen molar-refractivity contribution in [3.63, 3.8) is 0 Å². The maximum absolute atomic E-state index is 12.5. The Morgan fingerprint density at radius 3 is 2.62 bits per heavy atom. The fourth-order valence-corrected chi connectivity index (χ4v) is 4.62. The van der Waals surface area contributed by atoms with Crippen LogP contribution in [0.25, 0.3) is 0 Å². The summed E-state index contributed by atoms with van der Waals surface area (Å²) in [5.74, 6) is 0.618. The van der Waals surface area contributed by atoms with Crippen molar-refractivity contribution in [2.75, 3.05) is 25.9 Å². The Labute approximate surface area is 128 Å². The van der Waals surface area contributed by atoms with E-state index in [2.05, 4.69) is 12.2 Å². The molecule has 1 aliphatic heterocycles. The van der Waals surface area contributed by atoms with Crippen LogP contribution in [-0.2, 0) is 16.4 Å². The molecule has 2 rings (SSSR count). The first-order valence-electron chi connectivity index (χ1n) is 7.76. The Balaban J connectivity index is 1.96. The highest BCUT2D eigenvalue weighted by molar-refractivity contribution is 7.89. The first-order valence-corrected chi connectivity index (χ1v) is 9.36. The minimum absolute atomic E-state index is 0.206. The molecule has 1 fully saturated rings. The first-order chi connectivity index (χ1) is 10.1. The lowest BCUT2D eigenvalue weighted by Crippen LogP contribution is -2.50. The molecule has 1 heterocycles. The summed E-state index contributed by atoms with van der Waals surface area (Å²) in [5, 5.41) is 3.31. The van der Waals surface area contributed by atoms with Gasteiger partial charge in [-0.2, -0.15) is 0 Å². The van der Waals surface area contributed by atoms with Gasteiger partial charge < -0.3 is 5.32 Å². The topological polar surface area (TPSA) is 49.4 Å². The largest absolute Gasteiger partial charge is 0.317 e. The van der Waals surface area contributed by atoms with Gasteiger partial charge >= 0.3 is 0 Å². The maximum atomic E-state index is 12.5. The normalized spacial score (nSPS) is 24.1. The molecular formula is C16H26N2O2S. The Bertz CT molecular complexity index is 530. The summed E-state index contributed by atoms with van der Waals surface area (Å²) >= 11 is 0. The van der Waals surface area contributed by atoms with Gasteiger partial charge in [0.2, 0.25) is 10.0 Å². The van der Waals surface area contributed by atoms with Crippen LogP contribution in [0.1, 0.15) is 25.3 Å². The molecule has 1 aromatic carbocycles. The SMILES string of the molecule is CCC1CN(S(=O)(=O)CCc2ccccc2)CCC1NC. The quantitative estimate of drug-likeness (QED) is 0.873. The van der Waals surface area contributed by atoms with Gasteiger partial charge in [-0.3, -0.25) is 0 Å². The zero-order valence-electron chi connectivity index (χ0n) is 13.0. The molecule has 0 spiro atoms. The third-order valence-electron chi connectivity index (χ3n) is 4.48. The van der Waals surface area contributed by atoms with Crippen LogP contribution in [0.3, 0.4) is 0 Å². The fourth-order valence-electron chi connectivity index (χ4n) is 3.07. The lowest BCUT2D eigenvalue weighted by molar-refractivity contribution is 0.209. The summed E-state index contributed by atoms with van der Waals surface area (Å²) < 4.78 is 26.7. The second-order valence-corrected chi connectivity index (χ2v) is 7.85. The second-order valence-electron chi connectivity index (χ2n) is 5.76. The van der Waals surface area contributed by atoms with Crippen molar-refractivity contribution >= 4 is 10.0 Å². The molecule has 0 aromatic heterocycles. The smallest absolute Gasteiger partial charge is 0.214 e. The highest BCUT2D eigenvalue weighted by atomic mass is 32.2. The third kappa shape index (κ3) is 4.28. The monoisotopic (exact) mass is 310 g/mol. The number of sulfonamides is 1. The van der Waals surface area contributed by atoms with Gasteiger partial charge in [-0.05, 0) is 31.4 Å². The molecule has 1 saturated heterocycles. The van der Waals surface area contributed by atoms with E-state index in [1.54, 1.807) is 4.31 Å². The van der Waals surface area contributed by atoms with Gasteiger partial charge in [-0.25, -0.2) is 12.7 Å². The number of rotatable bonds is 6. The van der Waals surface area contributed by atoms with Gasteiger partial charge in [-0.15, -0.1) is 0 Å². The first kappa shape index (κ1) is 16.5. The average Bonchev–Trinajstić information content (AvgIpc) is 2.53. The van der Waals surface area contributed by atoms with Gasteiger partial charge in [0.05, 0.1) is 5.75 Å². The summed E-state index contributed by atoms with van der Waals surface area (Å²) in [4.78, 5) is 0. The van der Waals surface area contributed by atoms with Crippen molar-refractivity contribution in [1.29, 1.82) is 0 Å². The minimum atomic E-state index is -3.15. The molecular weight excluding hydrogens is 284 g/mol. The predicted octanol–water partition coefficient (Wildman–Crippen LogP) is 1.88.